The second-order valence-corrected chi connectivity index (χ2v) is 4.00. The first kappa shape index (κ1) is 11.0. The summed E-state index contributed by atoms with van der Waals surface area (Å²) in [5.41, 5.74) is 0.836. The maximum absolute atomic E-state index is 5.67. The highest BCUT2D eigenvalue weighted by Gasteiger charge is 2.17. The molecule has 0 fully saturated rings. The molecule has 5 heteroatoms. The van der Waals surface area contributed by atoms with E-state index in [9.17, 15) is 0 Å². The van der Waals surface area contributed by atoms with Gasteiger partial charge < -0.3 is 18.7 Å². The molecule has 3 rings (SSSR count). The summed E-state index contributed by atoms with van der Waals surface area (Å²) >= 11 is 0. The molecule has 5 nitrogen and oxygen atoms in total. The Hall–Kier alpha value is -2.17. The number of rotatable bonds is 3. The molecule has 1 aliphatic heterocycles. The fourth-order valence-electron chi connectivity index (χ4n) is 1.79. The van der Waals surface area contributed by atoms with Crippen LogP contribution in [0, 0.1) is 6.92 Å². The molecule has 0 bridgehead atoms. The van der Waals surface area contributed by atoms with Crippen LogP contribution in [0.15, 0.2) is 28.8 Å². The van der Waals surface area contributed by atoms with E-state index in [2.05, 4.69) is 5.16 Å². The number of nitrogens with zero attached hydrogens (tertiary/aromatic N) is 1. The van der Waals surface area contributed by atoms with E-state index < -0.39 is 0 Å². The Morgan fingerprint density at radius 1 is 1.28 bits per heavy atom. The lowest BCUT2D eigenvalue weighted by Gasteiger charge is -2.20. The molecular weight excluding hydrogens is 234 g/mol. The van der Waals surface area contributed by atoms with Crippen LogP contribution in [-0.4, -0.2) is 18.4 Å². The van der Waals surface area contributed by atoms with Gasteiger partial charge in [0.25, 0.3) is 0 Å². The van der Waals surface area contributed by atoms with Gasteiger partial charge in [-0.3, -0.25) is 0 Å². The number of aromatic nitrogens is 1. The minimum atomic E-state index is 0.320. The topological polar surface area (TPSA) is 53.7 Å². The molecule has 1 aromatic heterocycles. The SMILES string of the molecule is Cc1cc(COc2cccc3c2OCCO3)on1. The van der Waals surface area contributed by atoms with Gasteiger partial charge in [0, 0.05) is 6.07 Å². The zero-order valence-corrected chi connectivity index (χ0v) is 10.0. The average molecular weight is 247 g/mol. The number of benzene rings is 1. The maximum Gasteiger partial charge on any atom is 0.203 e. The summed E-state index contributed by atoms with van der Waals surface area (Å²) in [4.78, 5) is 0. The second-order valence-electron chi connectivity index (χ2n) is 4.00. The van der Waals surface area contributed by atoms with Gasteiger partial charge in [-0.1, -0.05) is 11.2 Å². The van der Waals surface area contributed by atoms with Crippen molar-refractivity contribution in [2.75, 3.05) is 13.2 Å². The molecule has 2 aromatic rings. The van der Waals surface area contributed by atoms with E-state index in [-0.39, 0.29) is 0 Å². The summed E-state index contributed by atoms with van der Waals surface area (Å²) in [6.07, 6.45) is 0. The van der Waals surface area contributed by atoms with Gasteiger partial charge in [0.05, 0.1) is 5.69 Å². The van der Waals surface area contributed by atoms with Crippen LogP contribution in [0.1, 0.15) is 11.5 Å². The van der Waals surface area contributed by atoms with Gasteiger partial charge >= 0.3 is 0 Å². The monoisotopic (exact) mass is 247 g/mol. The van der Waals surface area contributed by atoms with Gasteiger partial charge in [-0.2, -0.15) is 0 Å². The predicted octanol–water partition coefficient (Wildman–Crippen LogP) is 2.33. The molecular formula is C13H13NO4. The Balaban J connectivity index is 1.76. The van der Waals surface area contributed by atoms with Crippen molar-refractivity contribution < 1.29 is 18.7 Å². The van der Waals surface area contributed by atoms with Crippen LogP contribution < -0.4 is 14.2 Å². The molecule has 0 saturated carbocycles. The van der Waals surface area contributed by atoms with E-state index in [0.717, 1.165) is 5.69 Å². The molecule has 0 amide bonds. The van der Waals surface area contributed by atoms with Crippen LogP contribution in [0.3, 0.4) is 0 Å². The van der Waals surface area contributed by atoms with Crippen LogP contribution >= 0.6 is 0 Å². The zero-order chi connectivity index (χ0) is 12.4. The molecule has 1 aliphatic rings. The van der Waals surface area contributed by atoms with Crippen LogP contribution in [0.2, 0.25) is 0 Å². The van der Waals surface area contributed by atoms with Crippen LogP contribution in [-0.2, 0) is 6.61 Å². The van der Waals surface area contributed by atoms with Crippen LogP contribution in [0.25, 0.3) is 0 Å². The predicted molar refractivity (Wildman–Crippen MR) is 63.0 cm³/mol. The molecule has 0 unspecified atom stereocenters. The molecule has 0 spiro atoms. The largest absolute Gasteiger partial charge is 0.486 e. The first-order valence-electron chi connectivity index (χ1n) is 5.76. The fraction of sp³-hybridized carbons (Fsp3) is 0.308. The van der Waals surface area contributed by atoms with E-state index in [1.54, 1.807) is 0 Å². The number of ether oxygens (including phenoxy) is 3. The van der Waals surface area contributed by atoms with Crippen molar-refractivity contribution in [3.63, 3.8) is 0 Å². The molecule has 0 aliphatic carbocycles. The Kier molecular flexibility index (Phi) is 2.80. The van der Waals surface area contributed by atoms with Crippen molar-refractivity contribution >= 4 is 0 Å². The third-order valence-corrected chi connectivity index (χ3v) is 2.58. The first-order chi connectivity index (χ1) is 8.83. The van der Waals surface area contributed by atoms with Gasteiger partial charge in [0.1, 0.15) is 19.8 Å². The Bertz CT molecular complexity index is 550. The van der Waals surface area contributed by atoms with Crippen molar-refractivity contribution in [1.82, 2.24) is 5.16 Å². The van der Waals surface area contributed by atoms with Crippen LogP contribution in [0.4, 0.5) is 0 Å². The first-order valence-corrected chi connectivity index (χ1v) is 5.76. The maximum atomic E-state index is 5.67. The van der Waals surface area contributed by atoms with E-state index in [4.69, 9.17) is 18.7 Å². The van der Waals surface area contributed by atoms with E-state index in [1.807, 2.05) is 31.2 Å². The zero-order valence-electron chi connectivity index (χ0n) is 10.0. The van der Waals surface area contributed by atoms with Gasteiger partial charge in [-0.05, 0) is 19.1 Å². The molecule has 0 radical (unpaired) electrons. The molecule has 1 aromatic carbocycles. The lowest BCUT2D eigenvalue weighted by molar-refractivity contribution is 0.158. The minimum Gasteiger partial charge on any atom is -0.486 e. The number of aryl methyl sites for hydroxylation is 1. The van der Waals surface area contributed by atoms with E-state index >= 15 is 0 Å². The standard InChI is InChI=1S/C13H13NO4/c1-9-7-10(18-14-9)8-17-12-4-2-3-11-13(12)16-6-5-15-11/h2-4,7H,5-6,8H2,1H3. The summed E-state index contributed by atoms with van der Waals surface area (Å²) in [5.74, 6) is 2.70. The van der Waals surface area contributed by atoms with Crippen molar-refractivity contribution in [1.29, 1.82) is 0 Å². The Morgan fingerprint density at radius 3 is 3.00 bits per heavy atom. The second kappa shape index (κ2) is 4.60. The third-order valence-electron chi connectivity index (χ3n) is 2.58. The number of hydrogen-bond acceptors (Lipinski definition) is 5. The summed E-state index contributed by atoms with van der Waals surface area (Å²) in [6, 6.07) is 7.41. The van der Waals surface area contributed by atoms with Gasteiger partial charge in [-0.15, -0.1) is 0 Å². The molecule has 0 atom stereocenters. The highest BCUT2D eigenvalue weighted by molar-refractivity contribution is 5.51. The van der Waals surface area contributed by atoms with Crippen molar-refractivity contribution in [3.05, 3.63) is 35.7 Å². The van der Waals surface area contributed by atoms with Gasteiger partial charge in [-0.25, -0.2) is 0 Å². The molecule has 94 valence electrons. The number of fused-ring (bicyclic) bond motifs is 1. The van der Waals surface area contributed by atoms with Crippen molar-refractivity contribution in [2.45, 2.75) is 13.5 Å². The average Bonchev–Trinajstić information content (AvgIpc) is 2.82. The third kappa shape index (κ3) is 2.11. The van der Waals surface area contributed by atoms with Crippen molar-refractivity contribution in [2.24, 2.45) is 0 Å². The lowest BCUT2D eigenvalue weighted by Crippen LogP contribution is -2.16. The highest BCUT2D eigenvalue weighted by atomic mass is 16.6. The van der Waals surface area contributed by atoms with E-state index in [1.165, 1.54) is 0 Å². The number of hydrogen-bond donors (Lipinski definition) is 0. The highest BCUT2D eigenvalue weighted by Crippen LogP contribution is 2.39. The lowest BCUT2D eigenvalue weighted by atomic mass is 10.3. The quantitative estimate of drug-likeness (QED) is 0.833. The normalized spacial score (nSPS) is 13.4. The molecule has 0 saturated heterocycles. The molecule has 2 heterocycles. The van der Waals surface area contributed by atoms with Gasteiger partial charge in [0.15, 0.2) is 17.3 Å². The Morgan fingerprint density at radius 2 is 2.17 bits per heavy atom. The summed E-state index contributed by atoms with van der Waals surface area (Å²) in [5, 5.41) is 3.81. The molecule has 18 heavy (non-hydrogen) atoms. The van der Waals surface area contributed by atoms with Gasteiger partial charge in [0.2, 0.25) is 5.75 Å². The summed E-state index contributed by atoms with van der Waals surface area (Å²) in [7, 11) is 0. The summed E-state index contributed by atoms with van der Waals surface area (Å²) in [6.45, 7) is 3.29. The Labute approximate surface area is 104 Å². The smallest absolute Gasteiger partial charge is 0.203 e. The fourth-order valence-corrected chi connectivity index (χ4v) is 1.79. The van der Waals surface area contributed by atoms with Crippen LogP contribution in [0.5, 0.6) is 17.2 Å². The minimum absolute atomic E-state index is 0.320. The van der Waals surface area contributed by atoms with Crippen molar-refractivity contribution in [3.8, 4) is 17.2 Å². The summed E-state index contributed by atoms with van der Waals surface area (Å²) < 4.78 is 21.8. The molecule has 0 N–H and O–H groups in total. The number of para-hydroxylation sites is 1. The van der Waals surface area contributed by atoms with E-state index in [0.29, 0.717) is 42.8 Å².